The molecule has 0 heterocycles. The third-order valence-corrected chi connectivity index (χ3v) is 6.68. The van der Waals surface area contributed by atoms with Crippen LogP contribution >= 0.6 is 23.4 Å². The molecule has 4 nitrogen and oxygen atoms in total. The highest BCUT2D eigenvalue weighted by Crippen LogP contribution is 2.23. The molecular formula is C28H31ClN2O2S. The number of benzene rings is 3. The lowest BCUT2D eigenvalue weighted by Gasteiger charge is -2.31. The number of hydrogen-bond acceptors (Lipinski definition) is 3. The molecule has 0 aromatic heterocycles. The molecule has 0 saturated heterocycles. The van der Waals surface area contributed by atoms with E-state index in [1.165, 1.54) is 11.8 Å². The average Bonchev–Trinajstić information content (AvgIpc) is 2.85. The minimum Gasteiger partial charge on any atom is -0.354 e. The second-order valence-electron chi connectivity index (χ2n) is 8.25. The fourth-order valence-electron chi connectivity index (χ4n) is 3.69. The van der Waals surface area contributed by atoms with Gasteiger partial charge in [0.2, 0.25) is 11.8 Å². The maximum absolute atomic E-state index is 13.6. The van der Waals surface area contributed by atoms with Gasteiger partial charge in [-0.05, 0) is 48.7 Å². The Morgan fingerprint density at radius 3 is 2.35 bits per heavy atom. The molecule has 0 bridgehead atoms. The van der Waals surface area contributed by atoms with Crippen molar-refractivity contribution in [2.45, 2.75) is 44.2 Å². The molecule has 0 saturated carbocycles. The van der Waals surface area contributed by atoms with Crippen molar-refractivity contribution in [2.75, 3.05) is 12.3 Å². The van der Waals surface area contributed by atoms with Crippen LogP contribution in [0.1, 0.15) is 30.0 Å². The zero-order valence-corrected chi connectivity index (χ0v) is 21.2. The lowest BCUT2D eigenvalue weighted by Crippen LogP contribution is -2.51. The molecule has 3 aromatic carbocycles. The van der Waals surface area contributed by atoms with Gasteiger partial charge >= 0.3 is 0 Å². The van der Waals surface area contributed by atoms with Crippen LogP contribution in [0.4, 0.5) is 0 Å². The maximum Gasteiger partial charge on any atom is 0.243 e. The smallest absolute Gasteiger partial charge is 0.243 e. The first-order valence-corrected chi connectivity index (χ1v) is 12.9. The van der Waals surface area contributed by atoms with E-state index in [1.807, 2.05) is 86.6 Å². The first-order valence-electron chi connectivity index (χ1n) is 11.5. The molecule has 6 heteroatoms. The molecule has 3 aromatic rings. The van der Waals surface area contributed by atoms with Crippen LogP contribution in [0.5, 0.6) is 0 Å². The summed E-state index contributed by atoms with van der Waals surface area (Å²) in [6.45, 7) is 5.00. The molecule has 0 fully saturated rings. The lowest BCUT2D eigenvalue weighted by atomic mass is 10.0. The summed E-state index contributed by atoms with van der Waals surface area (Å²) in [5, 5.41) is 3.67. The van der Waals surface area contributed by atoms with E-state index in [0.717, 1.165) is 28.0 Å². The summed E-state index contributed by atoms with van der Waals surface area (Å²) in [6.07, 6.45) is 1.29. The SMILES string of the molecule is CCCNC(=O)C(Cc1ccccc1)N(Cc1cccc(C)c1)C(=O)CSc1ccc(Cl)cc1. The van der Waals surface area contributed by atoms with Crippen molar-refractivity contribution in [3.05, 3.63) is 101 Å². The van der Waals surface area contributed by atoms with Crippen LogP contribution in [0.25, 0.3) is 0 Å². The van der Waals surface area contributed by atoms with Gasteiger partial charge in [-0.1, -0.05) is 78.7 Å². The lowest BCUT2D eigenvalue weighted by molar-refractivity contribution is -0.139. The van der Waals surface area contributed by atoms with Gasteiger partial charge in [0.25, 0.3) is 0 Å². The number of carbonyl (C=O) groups is 2. The van der Waals surface area contributed by atoms with Crippen LogP contribution in [-0.4, -0.2) is 35.1 Å². The molecule has 0 aliphatic rings. The van der Waals surface area contributed by atoms with Crippen LogP contribution in [0.2, 0.25) is 5.02 Å². The number of halogens is 1. The van der Waals surface area contributed by atoms with Gasteiger partial charge in [-0.3, -0.25) is 9.59 Å². The number of hydrogen-bond donors (Lipinski definition) is 1. The summed E-state index contributed by atoms with van der Waals surface area (Å²) < 4.78 is 0. The van der Waals surface area contributed by atoms with E-state index in [0.29, 0.717) is 24.5 Å². The summed E-state index contributed by atoms with van der Waals surface area (Å²) in [4.78, 5) is 29.6. The van der Waals surface area contributed by atoms with Crippen molar-refractivity contribution in [3.63, 3.8) is 0 Å². The Labute approximate surface area is 211 Å². The number of thioether (sulfide) groups is 1. The van der Waals surface area contributed by atoms with Crippen LogP contribution in [0.3, 0.4) is 0 Å². The molecule has 0 aliphatic carbocycles. The van der Waals surface area contributed by atoms with Crippen molar-refractivity contribution in [1.82, 2.24) is 10.2 Å². The molecule has 3 rings (SSSR count). The van der Waals surface area contributed by atoms with Crippen molar-refractivity contribution in [3.8, 4) is 0 Å². The normalized spacial score (nSPS) is 11.6. The standard InChI is InChI=1S/C28H31ClN2O2S/c1-3-16-30-28(33)26(18-22-9-5-4-6-10-22)31(19-23-11-7-8-21(2)17-23)27(32)20-34-25-14-12-24(29)13-15-25/h4-15,17,26H,3,16,18-20H2,1-2H3,(H,30,33). The Bertz CT molecular complexity index is 1070. The number of amides is 2. The fourth-order valence-corrected chi connectivity index (χ4v) is 4.60. The fraction of sp³-hybridized carbons (Fsp3) is 0.286. The molecule has 1 N–H and O–H groups in total. The zero-order chi connectivity index (χ0) is 24.3. The molecule has 2 amide bonds. The van der Waals surface area contributed by atoms with E-state index >= 15 is 0 Å². The Kier molecular flexibility index (Phi) is 10.0. The van der Waals surface area contributed by atoms with Crippen molar-refractivity contribution in [1.29, 1.82) is 0 Å². The second kappa shape index (κ2) is 13.2. The van der Waals surface area contributed by atoms with Gasteiger partial charge in [0, 0.05) is 29.4 Å². The summed E-state index contributed by atoms with van der Waals surface area (Å²) >= 11 is 7.45. The summed E-state index contributed by atoms with van der Waals surface area (Å²) in [5.74, 6) is 0.0389. The Morgan fingerprint density at radius 1 is 0.971 bits per heavy atom. The molecule has 0 spiro atoms. The molecule has 34 heavy (non-hydrogen) atoms. The topological polar surface area (TPSA) is 49.4 Å². The quantitative estimate of drug-likeness (QED) is 0.337. The molecule has 0 radical (unpaired) electrons. The molecule has 178 valence electrons. The van der Waals surface area contributed by atoms with Crippen molar-refractivity contribution >= 4 is 35.2 Å². The Balaban J connectivity index is 1.88. The van der Waals surface area contributed by atoms with Crippen LogP contribution in [0.15, 0.2) is 83.8 Å². The van der Waals surface area contributed by atoms with Gasteiger partial charge in [0.05, 0.1) is 5.75 Å². The van der Waals surface area contributed by atoms with Gasteiger partial charge in [-0.25, -0.2) is 0 Å². The number of nitrogens with zero attached hydrogens (tertiary/aromatic N) is 1. The van der Waals surface area contributed by atoms with Gasteiger partial charge in [-0.15, -0.1) is 11.8 Å². The molecule has 0 aliphatic heterocycles. The predicted octanol–water partition coefficient (Wildman–Crippen LogP) is 5.91. The highest BCUT2D eigenvalue weighted by Gasteiger charge is 2.30. The third-order valence-electron chi connectivity index (χ3n) is 5.43. The van der Waals surface area contributed by atoms with E-state index in [2.05, 4.69) is 11.4 Å². The summed E-state index contributed by atoms with van der Waals surface area (Å²) in [6, 6.07) is 24.8. The Hall–Kier alpha value is -2.76. The van der Waals surface area contributed by atoms with Crippen LogP contribution < -0.4 is 5.32 Å². The number of aryl methyl sites for hydroxylation is 1. The minimum absolute atomic E-state index is 0.0750. The maximum atomic E-state index is 13.6. The van der Waals surface area contributed by atoms with Gasteiger partial charge in [0.1, 0.15) is 6.04 Å². The van der Waals surface area contributed by atoms with Crippen molar-refractivity contribution < 1.29 is 9.59 Å². The highest BCUT2D eigenvalue weighted by atomic mass is 35.5. The van der Waals surface area contributed by atoms with Gasteiger partial charge in [0.15, 0.2) is 0 Å². The first-order chi connectivity index (χ1) is 16.5. The van der Waals surface area contributed by atoms with Crippen LogP contribution in [-0.2, 0) is 22.6 Å². The van der Waals surface area contributed by atoms with Crippen molar-refractivity contribution in [2.24, 2.45) is 0 Å². The summed E-state index contributed by atoms with van der Waals surface area (Å²) in [5.41, 5.74) is 3.15. The average molecular weight is 495 g/mol. The van der Waals surface area contributed by atoms with E-state index < -0.39 is 6.04 Å². The van der Waals surface area contributed by atoms with E-state index in [1.54, 1.807) is 4.90 Å². The predicted molar refractivity (Wildman–Crippen MR) is 141 cm³/mol. The summed E-state index contributed by atoms with van der Waals surface area (Å²) in [7, 11) is 0. The highest BCUT2D eigenvalue weighted by molar-refractivity contribution is 8.00. The minimum atomic E-state index is -0.604. The van der Waals surface area contributed by atoms with E-state index in [4.69, 9.17) is 11.6 Å². The van der Waals surface area contributed by atoms with Gasteiger partial charge in [-0.2, -0.15) is 0 Å². The molecule has 1 unspecified atom stereocenters. The molecular weight excluding hydrogens is 464 g/mol. The number of nitrogens with one attached hydrogen (secondary N) is 1. The number of carbonyl (C=O) groups excluding carboxylic acids is 2. The van der Waals surface area contributed by atoms with Crippen LogP contribution in [0, 0.1) is 6.92 Å². The Morgan fingerprint density at radius 2 is 1.68 bits per heavy atom. The number of rotatable bonds is 11. The first kappa shape index (κ1) is 25.9. The van der Waals surface area contributed by atoms with E-state index in [9.17, 15) is 9.59 Å². The van der Waals surface area contributed by atoms with E-state index in [-0.39, 0.29) is 17.6 Å². The zero-order valence-electron chi connectivity index (χ0n) is 19.7. The third kappa shape index (κ3) is 7.93. The monoisotopic (exact) mass is 494 g/mol. The second-order valence-corrected chi connectivity index (χ2v) is 9.74. The van der Waals surface area contributed by atoms with Gasteiger partial charge < -0.3 is 10.2 Å². The largest absolute Gasteiger partial charge is 0.354 e. The molecule has 1 atom stereocenters.